The molecule has 6 heteroatoms. The van der Waals surface area contributed by atoms with Crippen molar-refractivity contribution in [2.75, 3.05) is 18.7 Å². The van der Waals surface area contributed by atoms with Gasteiger partial charge in [0.15, 0.2) is 0 Å². The Morgan fingerprint density at radius 3 is 2.74 bits per heavy atom. The van der Waals surface area contributed by atoms with Crippen LogP contribution in [0.25, 0.3) is 0 Å². The zero-order valence-electron chi connectivity index (χ0n) is 11.5. The summed E-state index contributed by atoms with van der Waals surface area (Å²) in [6.45, 7) is 2.22. The maximum atomic E-state index is 12.4. The van der Waals surface area contributed by atoms with Gasteiger partial charge in [-0.05, 0) is 18.8 Å². The summed E-state index contributed by atoms with van der Waals surface area (Å²) in [5.74, 6) is 0.735. The van der Waals surface area contributed by atoms with Gasteiger partial charge in [-0.15, -0.1) is 11.8 Å². The van der Waals surface area contributed by atoms with Gasteiger partial charge in [0, 0.05) is 18.8 Å². The van der Waals surface area contributed by atoms with Crippen LogP contribution in [0.4, 0.5) is 4.79 Å². The normalized spacial score (nSPS) is 31.3. The Balaban J connectivity index is 2.00. The predicted octanol–water partition coefficient (Wildman–Crippen LogP) is 2.08. The van der Waals surface area contributed by atoms with E-state index in [0.29, 0.717) is 17.5 Å². The van der Waals surface area contributed by atoms with Gasteiger partial charge in [0.2, 0.25) is 0 Å². The smallest absolute Gasteiger partial charge is 0.327 e. The van der Waals surface area contributed by atoms with E-state index in [4.69, 9.17) is 5.11 Å². The van der Waals surface area contributed by atoms with E-state index < -0.39 is 12.0 Å². The zero-order chi connectivity index (χ0) is 14.0. The summed E-state index contributed by atoms with van der Waals surface area (Å²) in [7, 11) is 1.81. The third kappa shape index (κ3) is 3.16. The molecule has 1 saturated carbocycles. The average molecular weight is 286 g/mol. The van der Waals surface area contributed by atoms with Gasteiger partial charge < -0.3 is 14.9 Å². The van der Waals surface area contributed by atoms with Crippen molar-refractivity contribution in [2.24, 2.45) is 5.92 Å². The summed E-state index contributed by atoms with van der Waals surface area (Å²) in [5.41, 5.74) is 0. The lowest BCUT2D eigenvalue weighted by Gasteiger charge is -2.36. The molecule has 0 aromatic heterocycles. The molecular weight excluding hydrogens is 264 g/mol. The largest absolute Gasteiger partial charge is 0.480 e. The highest BCUT2D eigenvalue weighted by molar-refractivity contribution is 7.99. The quantitative estimate of drug-likeness (QED) is 0.844. The molecule has 2 aliphatic rings. The number of hydrogen-bond donors (Lipinski definition) is 1. The van der Waals surface area contributed by atoms with Crippen LogP contribution in [0, 0.1) is 5.92 Å². The number of carboxylic acids is 1. The highest BCUT2D eigenvalue weighted by atomic mass is 32.2. The minimum Gasteiger partial charge on any atom is -0.480 e. The summed E-state index contributed by atoms with van der Waals surface area (Å²) >= 11 is 1.51. The van der Waals surface area contributed by atoms with Crippen molar-refractivity contribution in [3.05, 3.63) is 0 Å². The fourth-order valence-electron chi connectivity index (χ4n) is 2.95. The fourth-order valence-corrected chi connectivity index (χ4v) is 4.09. The molecule has 19 heavy (non-hydrogen) atoms. The van der Waals surface area contributed by atoms with E-state index in [2.05, 4.69) is 6.92 Å². The Morgan fingerprint density at radius 2 is 2.11 bits per heavy atom. The zero-order valence-corrected chi connectivity index (χ0v) is 12.4. The molecule has 5 nitrogen and oxygen atoms in total. The van der Waals surface area contributed by atoms with Gasteiger partial charge in [-0.2, -0.15) is 0 Å². The lowest BCUT2D eigenvalue weighted by molar-refractivity contribution is -0.141. The minimum atomic E-state index is -0.899. The van der Waals surface area contributed by atoms with Crippen LogP contribution in [0.5, 0.6) is 0 Å². The number of carbonyl (C=O) groups is 2. The topological polar surface area (TPSA) is 60.9 Å². The minimum absolute atomic E-state index is 0.128. The highest BCUT2D eigenvalue weighted by Gasteiger charge is 2.38. The average Bonchev–Trinajstić information content (AvgIpc) is 2.86. The second kappa shape index (κ2) is 6.03. The van der Waals surface area contributed by atoms with Crippen molar-refractivity contribution in [3.63, 3.8) is 0 Å². The van der Waals surface area contributed by atoms with Gasteiger partial charge in [-0.3, -0.25) is 0 Å². The number of nitrogens with zero attached hydrogens (tertiary/aromatic N) is 2. The molecule has 1 heterocycles. The summed E-state index contributed by atoms with van der Waals surface area (Å²) in [5, 5.41) is 9.14. The molecule has 0 aromatic rings. The first-order valence-electron chi connectivity index (χ1n) is 6.84. The van der Waals surface area contributed by atoms with Gasteiger partial charge in [-0.25, -0.2) is 9.59 Å². The van der Waals surface area contributed by atoms with Crippen LogP contribution in [0.1, 0.15) is 32.6 Å². The molecule has 0 radical (unpaired) electrons. The van der Waals surface area contributed by atoms with Gasteiger partial charge in [0.25, 0.3) is 0 Å². The molecule has 0 bridgehead atoms. The fraction of sp³-hybridized carbons (Fsp3) is 0.846. The van der Waals surface area contributed by atoms with Crippen molar-refractivity contribution in [2.45, 2.75) is 44.7 Å². The second-order valence-electron chi connectivity index (χ2n) is 5.64. The van der Waals surface area contributed by atoms with Gasteiger partial charge in [0.1, 0.15) is 6.04 Å². The SMILES string of the molecule is CC1CCCC(N(C)C(=O)N2CSCC2C(=O)O)C1. The van der Waals surface area contributed by atoms with Gasteiger partial charge >= 0.3 is 12.0 Å². The molecule has 2 rings (SSSR count). The number of urea groups is 1. The van der Waals surface area contributed by atoms with E-state index >= 15 is 0 Å². The van der Waals surface area contributed by atoms with E-state index in [1.165, 1.54) is 23.1 Å². The van der Waals surface area contributed by atoms with E-state index in [1.54, 1.807) is 4.90 Å². The maximum absolute atomic E-state index is 12.4. The van der Waals surface area contributed by atoms with E-state index in [0.717, 1.165) is 19.3 Å². The molecule has 108 valence electrons. The molecule has 2 fully saturated rings. The summed E-state index contributed by atoms with van der Waals surface area (Å²) < 4.78 is 0. The van der Waals surface area contributed by atoms with Crippen molar-refractivity contribution >= 4 is 23.8 Å². The summed E-state index contributed by atoms with van der Waals surface area (Å²) in [6.07, 6.45) is 4.45. The van der Waals surface area contributed by atoms with E-state index in [9.17, 15) is 9.59 Å². The third-order valence-corrected chi connectivity index (χ3v) is 5.18. The first-order valence-corrected chi connectivity index (χ1v) is 8.00. The molecular formula is C13H22N2O3S. The van der Waals surface area contributed by atoms with E-state index in [1.807, 2.05) is 7.05 Å². The van der Waals surface area contributed by atoms with Crippen molar-refractivity contribution in [1.29, 1.82) is 0 Å². The molecule has 0 aromatic carbocycles. The lowest BCUT2D eigenvalue weighted by Crippen LogP contribution is -2.51. The Morgan fingerprint density at radius 1 is 1.37 bits per heavy atom. The van der Waals surface area contributed by atoms with Gasteiger partial charge in [0.05, 0.1) is 5.88 Å². The predicted molar refractivity (Wildman–Crippen MR) is 75.2 cm³/mol. The van der Waals surface area contributed by atoms with Crippen LogP contribution < -0.4 is 0 Å². The Bertz CT molecular complexity index is 364. The number of carboxylic acid groups (broad SMARTS) is 1. The van der Waals surface area contributed by atoms with Crippen molar-refractivity contribution in [1.82, 2.24) is 9.80 Å². The van der Waals surface area contributed by atoms with Crippen LogP contribution in [-0.4, -0.2) is 57.7 Å². The molecule has 1 N–H and O–H groups in total. The molecule has 1 aliphatic heterocycles. The second-order valence-corrected chi connectivity index (χ2v) is 6.64. The first-order chi connectivity index (χ1) is 9.00. The summed E-state index contributed by atoms with van der Waals surface area (Å²) in [4.78, 5) is 26.8. The van der Waals surface area contributed by atoms with Crippen LogP contribution in [-0.2, 0) is 4.79 Å². The number of carbonyl (C=O) groups excluding carboxylic acids is 1. The molecule has 1 saturated heterocycles. The molecule has 3 unspecified atom stereocenters. The third-order valence-electron chi connectivity index (χ3n) is 4.17. The molecule has 1 aliphatic carbocycles. The number of rotatable bonds is 2. The summed E-state index contributed by atoms with van der Waals surface area (Å²) in [6, 6.07) is -0.534. The van der Waals surface area contributed by atoms with Crippen LogP contribution in [0.3, 0.4) is 0 Å². The van der Waals surface area contributed by atoms with Crippen LogP contribution in [0.15, 0.2) is 0 Å². The number of hydrogen-bond acceptors (Lipinski definition) is 3. The van der Waals surface area contributed by atoms with Crippen LogP contribution >= 0.6 is 11.8 Å². The highest BCUT2D eigenvalue weighted by Crippen LogP contribution is 2.29. The Hall–Kier alpha value is -0.910. The molecule has 0 spiro atoms. The van der Waals surface area contributed by atoms with Gasteiger partial charge in [-0.1, -0.05) is 19.8 Å². The van der Waals surface area contributed by atoms with Crippen molar-refractivity contribution in [3.8, 4) is 0 Å². The number of thioether (sulfide) groups is 1. The molecule has 3 atom stereocenters. The Labute approximate surface area is 118 Å². The maximum Gasteiger partial charge on any atom is 0.327 e. The lowest BCUT2D eigenvalue weighted by atomic mass is 9.86. The number of aliphatic carboxylic acids is 1. The first kappa shape index (κ1) is 14.5. The van der Waals surface area contributed by atoms with E-state index in [-0.39, 0.29) is 12.1 Å². The molecule has 2 amide bonds. The van der Waals surface area contributed by atoms with Crippen LogP contribution in [0.2, 0.25) is 0 Å². The standard InChI is InChI=1S/C13H22N2O3S/c1-9-4-3-5-10(6-9)14(2)13(18)15-8-19-7-11(15)12(16)17/h9-11H,3-8H2,1-2H3,(H,16,17). The Kier molecular flexibility index (Phi) is 4.60. The number of amides is 2. The monoisotopic (exact) mass is 286 g/mol. The van der Waals surface area contributed by atoms with Crippen molar-refractivity contribution < 1.29 is 14.7 Å².